The second kappa shape index (κ2) is 5.03. The van der Waals surface area contributed by atoms with E-state index >= 15 is 0 Å². The first-order valence-corrected chi connectivity index (χ1v) is 4.94. The molecule has 0 aliphatic carbocycles. The molecule has 0 aliphatic rings. The summed E-state index contributed by atoms with van der Waals surface area (Å²) in [6.45, 7) is 3.30. The van der Waals surface area contributed by atoms with Gasteiger partial charge in [0, 0.05) is 6.04 Å². The number of nitrogens with one attached hydrogen (secondary N) is 1. The van der Waals surface area contributed by atoms with Crippen LogP contribution in [0.25, 0.3) is 0 Å². The van der Waals surface area contributed by atoms with Crippen molar-refractivity contribution in [1.82, 2.24) is 0 Å². The van der Waals surface area contributed by atoms with Crippen LogP contribution in [0.15, 0.2) is 18.2 Å². The number of carbonyl (C=O) groups is 1. The number of amides is 1. The van der Waals surface area contributed by atoms with Gasteiger partial charge in [-0.3, -0.25) is 4.79 Å². The van der Waals surface area contributed by atoms with E-state index in [9.17, 15) is 13.6 Å². The molecule has 0 bridgehead atoms. The van der Waals surface area contributed by atoms with E-state index in [2.05, 4.69) is 5.32 Å². The minimum atomic E-state index is -1.06. The first kappa shape index (κ1) is 12.6. The number of hydrogen-bond acceptors (Lipinski definition) is 2. The highest BCUT2D eigenvalue weighted by molar-refractivity contribution is 5.92. The fraction of sp³-hybridized carbons (Fsp3) is 0.364. The van der Waals surface area contributed by atoms with Gasteiger partial charge in [-0.2, -0.15) is 0 Å². The maximum absolute atomic E-state index is 13.2. The third-order valence-corrected chi connectivity index (χ3v) is 2.41. The number of carbonyl (C=O) groups excluding carboxylic acids is 1. The molecule has 0 aromatic heterocycles. The molecule has 0 fully saturated rings. The van der Waals surface area contributed by atoms with Gasteiger partial charge in [0.25, 0.3) is 0 Å². The number of anilines is 1. The minimum Gasteiger partial charge on any atom is -0.327 e. The van der Waals surface area contributed by atoms with E-state index in [4.69, 9.17) is 5.73 Å². The van der Waals surface area contributed by atoms with E-state index in [1.807, 2.05) is 0 Å². The maximum atomic E-state index is 13.2. The highest BCUT2D eigenvalue weighted by Gasteiger charge is 2.19. The lowest BCUT2D eigenvalue weighted by atomic mass is 10.0. The van der Waals surface area contributed by atoms with Crippen LogP contribution in [-0.4, -0.2) is 11.9 Å². The highest BCUT2D eigenvalue weighted by Crippen LogP contribution is 2.17. The molecule has 88 valence electrons. The summed E-state index contributed by atoms with van der Waals surface area (Å²) in [4.78, 5) is 11.5. The summed E-state index contributed by atoms with van der Waals surface area (Å²) in [5, 5.41) is 2.30. The molecular weight excluding hydrogens is 214 g/mol. The molecule has 1 aromatic rings. The van der Waals surface area contributed by atoms with Crippen LogP contribution in [0.5, 0.6) is 0 Å². The number of hydrogen-bond donors (Lipinski definition) is 2. The van der Waals surface area contributed by atoms with Crippen LogP contribution in [0, 0.1) is 17.6 Å². The van der Waals surface area contributed by atoms with Crippen molar-refractivity contribution in [2.75, 3.05) is 5.32 Å². The Kier molecular flexibility index (Phi) is 3.95. The summed E-state index contributed by atoms with van der Waals surface area (Å²) in [5.41, 5.74) is 5.36. The molecular formula is C11H14F2N2O. The summed E-state index contributed by atoms with van der Waals surface area (Å²) >= 11 is 0. The van der Waals surface area contributed by atoms with Crippen molar-refractivity contribution in [3.63, 3.8) is 0 Å². The lowest BCUT2D eigenvalue weighted by Crippen LogP contribution is -2.34. The first-order valence-electron chi connectivity index (χ1n) is 4.94. The zero-order chi connectivity index (χ0) is 12.3. The third-order valence-electron chi connectivity index (χ3n) is 2.41. The molecule has 1 rings (SSSR count). The van der Waals surface area contributed by atoms with Crippen molar-refractivity contribution >= 4 is 11.6 Å². The van der Waals surface area contributed by atoms with Crippen LogP contribution in [-0.2, 0) is 4.79 Å². The second-order valence-electron chi connectivity index (χ2n) is 3.74. The fourth-order valence-electron chi connectivity index (χ4n) is 1.09. The molecule has 1 amide bonds. The minimum absolute atomic E-state index is 0.169. The molecule has 5 heteroatoms. The molecule has 0 aliphatic heterocycles. The van der Waals surface area contributed by atoms with Gasteiger partial charge in [-0.05, 0) is 19.1 Å². The summed E-state index contributed by atoms with van der Waals surface area (Å²) in [7, 11) is 0. The van der Waals surface area contributed by atoms with E-state index in [-0.39, 0.29) is 11.7 Å². The number of nitrogens with two attached hydrogens (primary N) is 1. The van der Waals surface area contributed by atoms with E-state index in [0.717, 1.165) is 6.07 Å². The summed E-state index contributed by atoms with van der Waals surface area (Å²) < 4.78 is 26.0. The SMILES string of the molecule is CC(N)C(C)C(=O)Nc1cccc(F)c1F. The largest absolute Gasteiger partial charge is 0.327 e. The number of benzene rings is 1. The van der Waals surface area contributed by atoms with Gasteiger partial charge < -0.3 is 11.1 Å². The van der Waals surface area contributed by atoms with Crippen molar-refractivity contribution in [3.05, 3.63) is 29.8 Å². The van der Waals surface area contributed by atoms with Crippen molar-refractivity contribution < 1.29 is 13.6 Å². The molecule has 1 aromatic carbocycles. The Labute approximate surface area is 92.6 Å². The Bertz CT molecular complexity index is 394. The molecule has 2 unspecified atom stereocenters. The zero-order valence-corrected chi connectivity index (χ0v) is 9.13. The van der Waals surface area contributed by atoms with Gasteiger partial charge >= 0.3 is 0 Å². The summed E-state index contributed by atoms with van der Waals surface area (Å²) in [6, 6.07) is 3.26. The van der Waals surface area contributed by atoms with E-state index < -0.39 is 23.5 Å². The molecule has 16 heavy (non-hydrogen) atoms. The molecule has 0 spiro atoms. The van der Waals surface area contributed by atoms with Crippen LogP contribution >= 0.6 is 0 Å². The lowest BCUT2D eigenvalue weighted by Gasteiger charge is -2.15. The van der Waals surface area contributed by atoms with Gasteiger partial charge in [-0.15, -0.1) is 0 Å². The molecule has 0 radical (unpaired) electrons. The molecule has 3 N–H and O–H groups in total. The average Bonchev–Trinajstić information content (AvgIpc) is 2.23. The number of halogens is 2. The van der Waals surface area contributed by atoms with Crippen molar-refractivity contribution in [2.24, 2.45) is 11.7 Å². The Morgan fingerprint density at radius 1 is 1.38 bits per heavy atom. The quantitative estimate of drug-likeness (QED) is 0.830. The van der Waals surface area contributed by atoms with Crippen molar-refractivity contribution in [1.29, 1.82) is 0 Å². The maximum Gasteiger partial charge on any atom is 0.228 e. The molecule has 2 atom stereocenters. The van der Waals surface area contributed by atoms with Crippen LogP contribution in [0.2, 0.25) is 0 Å². The van der Waals surface area contributed by atoms with E-state index in [1.54, 1.807) is 13.8 Å². The molecule has 0 heterocycles. The third kappa shape index (κ3) is 2.76. The lowest BCUT2D eigenvalue weighted by molar-refractivity contribution is -0.119. The van der Waals surface area contributed by atoms with Gasteiger partial charge in [0.2, 0.25) is 5.91 Å². The smallest absolute Gasteiger partial charge is 0.228 e. The average molecular weight is 228 g/mol. The van der Waals surface area contributed by atoms with Crippen molar-refractivity contribution in [3.8, 4) is 0 Å². The van der Waals surface area contributed by atoms with E-state index in [0.29, 0.717) is 0 Å². The predicted octanol–water partition coefficient (Wildman–Crippen LogP) is 1.89. The normalized spacial score (nSPS) is 14.3. The van der Waals surface area contributed by atoms with Gasteiger partial charge in [-0.25, -0.2) is 8.78 Å². The predicted molar refractivity (Wildman–Crippen MR) is 57.8 cm³/mol. The Hall–Kier alpha value is -1.49. The van der Waals surface area contributed by atoms with Gasteiger partial charge in [-0.1, -0.05) is 13.0 Å². The second-order valence-corrected chi connectivity index (χ2v) is 3.74. The van der Waals surface area contributed by atoms with Crippen LogP contribution in [0.3, 0.4) is 0 Å². The van der Waals surface area contributed by atoms with E-state index in [1.165, 1.54) is 12.1 Å². The summed E-state index contributed by atoms with van der Waals surface area (Å²) in [6.07, 6.45) is 0. The van der Waals surface area contributed by atoms with Crippen LogP contribution in [0.4, 0.5) is 14.5 Å². The highest BCUT2D eigenvalue weighted by atomic mass is 19.2. The zero-order valence-electron chi connectivity index (χ0n) is 9.13. The number of rotatable bonds is 3. The van der Waals surface area contributed by atoms with Crippen LogP contribution < -0.4 is 11.1 Å². The van der Waals surface area contributed by atoms with Gasteiger partial charge in [0.1, 0.15) is 0 Å². The Morgan fingerprint density at radius 3 is 2.56 bits per heavy atom. The topological polar surface area (TPSA) is 55.1 Å². The standard InChI is InChI=1S/C11H14F2N2O/c1-6(7(2)14)11(16)15-9-5-3-4-8(12)10(9)13/h3-7H,14H2,1-2H3,(H,15,16). The van der Waals surface area contributed by atoms with Gasteiger partial charge in [0.15, 0.2) is 11.6 Å². The molecule has 0 saturated heterocycles. The Morgan fingerprint density at radius 2 is 2.00 bits per heavy atom. The van der Waals surface area contributed by atoms with Crippen LogP contribution in [0.1, 0.15) is 13.8 Å². The first-order chi connectivity index (χ1) is 7.43. The fourth-order valence-corrected chi connectivity index (χ4v) is 1.09. The molecule has 3 nitrogen and oxygen atoms in total. The Balaban J connectivity index is 2.81. The molecule has 0 saturated carbocycles. The van der Waals surface area contributed by atoms with Crippen molar-refractivity contribution in [2.45, 2.75) is 19.9 Å². The van der Waals surface area contributed by atoms with Gasteiger partial charge in [0.05, 0.1) is 11.6 Å². The summed E-state index contributed by atoms with van der Waals surface area (Å²) in [5.74, 6) is -2.96. The monoisotopic (exact) mass is 228 g/mol.